The molecule has 0 aromatic carbocycles. The number of anilines is 1. The van der Waals surface area contributed by atoms with Crippen LogP contribution < -0.4 is 10.6 Å². The van der Waals surface area contributed by atoms with Crippen LogP contribution in [-0.2, 0) is 0 Å². The average molecular weight is 277 g/mol. The Morgan fingerprint density at radius 3 is 3.05 bits per heavy atom. The third-order valence-corrected chi connectivity index (χ3v) is 4.21. The summed E-state index contributed by atoms with van der Waals surface area (Å²) in [7, 11) is 0. The molecule has 0 saturated carbocycles. The zero-order valence-corrected chi connectivity index (χ0v) is 11.7. The summed E-state index contributed by atoms with van der Waals surface area (Å²) >= 11 is 0. The Bertz CT molecular complexity index is 596. The van der Waals surface area contributed by atoms with Gasteiger partial charge in [0.15, 0.2) is 5.65 Å². The number of rotatable bonds is 3. The Morgan fingerprint density at radius 2 is 2.30 bits per heavy atom. The molecule has 1 fully saturated rings. The highest BCUT2D eigenvalue weighted by Gasteiger charge is 2.29. The topological polar surface area (TPSA) is 59.5 Å². The van der Waals surface area contributed by atoms with Gasteiger partial charge in [0.05, 0.1) is 6.20 Å². The summed E-state index contributed by atoms with van der Waals surface area (Å²) in [4.78, 5) is 6.65. The summed E-state index contributed by atoms with van der Waals surface area (Å²) in [6, 6.07) is 3.32. The van der Waals surface area contributed by atoms with E-state index < -0.39 is 0 Å². The van der Waals surface area contributed by atoms with Gasteiger partial charge in [-0.1, -0.05) is 13.3 Å². The average Bonchev–Trinajstić information content (AvgIpc) is 2.89. The number of piperidine rings is 1. The largest absolute Gasteiger partial charge is 0.335 e. The maximum Gasteiger partial charge on any atom is 0.245 e. The van der Waals surface area contributed by atoms with E-state index in [0.717, 1.165) is 25.3 Å². The molecule has 0 spiro atoms. The van der Waals surface area contributed by atoms with Crippen molar-refractivity contribution in [2.24, 2.45) is 11.7 Å². The van der Waals surface area contributed by atoms with Crippen molar-refractivity contribution in [3.63, 3.8) is 0 Å². The molecule has 1 aliphatic heterocycles. The predicted octanol–water partition coefficient (Wildman–Crippen LogP) is 1.82. The number of pyridine rings is 1. The summed E-state index contributed by atoms with van der Waals surface area (Å²) in [6.45, 7) is 3.74. The first-order chi connectivity index (χ1) is 9.71. The molecule has 2 aromatic heterocycles. The minimum Gasteiger partial charge on any atom is -0.335 e. The third-order valence-electron chi connectivity index (χ3n) is 4.21. The van der Waals surface area contributed by atoms with Crippen LogP contribution in [0.4, 0.5) is 10.3 Å². The second-order valence-electron chi connectivity index (χ2n) is 5.44. The molecule has 0 amide bonds. The Balaban J connectivity index is 1.89. The van der Waals surface area contributed by atoms with E-state index in [2.05, 4.69) is 21.9 Å². The van der Waals surface area contributed by atoms with Gasteiger partial charge in [0, 0.05) is 19.1 Å². The highest BCUT2D eigenvalue weighted by atomic mass is 19.1. The molecule has 5 nitrogen and oxygen atoms in total. The lowest BCUT2D eigenvalue weighted by atomic mass is 9.89. The van der Waals surface area contributed by atoms with Crippen molar-refractivity contribution < 1.29 is 4.39 Å². The Kier molecular flexibility index (Phi) is 3.56. The van der Waals surface area contributed by atoms with E-state index in [9.17, 15) is 4.39 Å². The fraction of sp³-hybridized carbons (Fsp3) is 0.571. The minimum absolute atomic E-state index is 0.274. The number of nitrogens with two attached hydrogens (primary N) is 1. The van der Waals surface area contributed by atoms with Crippen LogP contribution in [-0.4, -0.2) is 33.7 Å². The zero-order chi connectivity index (χ0) is 14.1. The third kappa shape index (κ3) is 2.35. The molecule has 108 valence electrons. The second-order valence-corrected chi connectivity index (χ2v) is 5.44. The van der Waals surface area contributed by atoms with E-state index in [1.807, 2.05) is 0 Å². The maximum atomic E-state index is 13.2. The summed E-state index contributed by atoms with van der Waals surface area (Å²) in [5.41, 5.74) is 6.56. The van der Waals surface area contributed by atoms with Gasteiger partial charge in [-0.25, -0.2) is 8.91 Å². The van der Waals surface area contributed by atoms with Crippen LogP contribution >= 0.6 is 0 Å². The molecule has 3 rings (SSSR count). The second kappa shape index (κ2) is 5.36. The number of aromatic nitrogens is 3. The lowest BCUT2D eigenvalue weighted by Gasteiger charge is -2.38. The van der Waals surface area contributed by atoms with E-state index in [-0.39, 0.29) is 11.9 Å². The fourth-order valence-corrected chi connectivity index (χ4v) is 2.96. The van der Waals surface area contributed by atoms with Gasteiger partial charge in [0.1, 0.15) is 5.82 Å². The van der Waals surface area contributed by atoms with Crippen LogP contribution in [0.25, 0.3) is 5.65 Å². The van der Waals surface area contributed by atoms with Gasteiger partial charge in [-0.3, -0.25) is 0 Å². The first-order valence-electron chi connectivity index (χ1n) is 7.20. The maximum absolute atomic E-state index is 13.2. The number of fused-ring (bicyclic) bond motifs is 1. The first-order valence-corrected chi connectivity index (χ1v) is 7.20. The van der Waals surface area contributed by atoms with Crippen LogP contribution in [0.3, 0.4) is 0 Å². The van der Waals surface area contributed by atoms with Gasteiger partial charge in [-0.15, -0.1) is 5.10 Å². The van der Waals surface area contributed by atoms with Gasteiger partial charge < -0.3 is 10.6 Å². The zero-order valence-electron chi connectivity index (χ0n) is 11.7. The Hall–Kier alpha value is -1.69. The molecular weight excluding hydrogens is 257 g/mol. The van der Waals surface area contributed by atoms with Crippen LogP contribution in [0.5, 0.6) is 0 Å². The van der Waals surface area contributed by atoms with E-state index in [4.69, 9.17) is 5.73 Å². The monoisotopic (exact) mass is 277 g/mol. The molecule has 2 aromatic rings. The lowest BCUT2D eigenvalue weighted by molar-refractivity contribution is 0.333. The molecule has 2 atom stereocenters. The molecule has 0 radical (unpaired) electrons. The molecule has 2 unspecified atom stereocenters. The van der Waals surface area contributed by atoms with Gasteiger partial charge in [-0.05, 0) is 30.9 Å². The normalized spacial score (nSPS) is 23.4. The number of halogens is 1. The van der Waals surface area contributed by atoms with Crippen molar-refractivity contribution in [3.05, 3.63) is 24.1 Å². The van der Waals surface area contributed by atoms with Crippen LogP contribution in [0.2, 0.25) is 0 Å². The summed E-state index contributed by atoms with van der Waals surface area (Å²) in [5, 5.41) is 4.38. The van der Waals surface area contributed by atoms with Gasteiger partial charge in [0.2, 0.25) is 5.95 Å². The van der Waals surface area contributed by atoms with Crippen LogP contribution in [0, 0.1) is 11.7 Å². The Labute approximate surface area is 117 Å². The standard InChI is InChI=1S/C14H20FN5/c1-2-10-5-6-19(12(7-10)8-16)14-17-13-4-3-11(15)9-20(13)18-14/h3-4,9-10,12H,2,5-8,16H2,1H3. The van der Waals surface area contributed by atoms with E-state index in [1.165, 1.54) is 23.2 Å². The van der Waals surface area contributed by atoms with Crippen molar-refractivity contribution in [3.8, 4) is 0 Å². The first kappa shape index (κ1) is 13.3. The fourth-order valence-electron chi connectivity index (χ4n) is 2.96. The molecule has 1 saturated heterocycles. The molecule has 6 heteroatoms. The van der Waals surface area contributed by atoms with Crippen LogP contribution in [0.1, 0.15) is 26.2 Å². The lowest BCUT2D eigenvalue weighted by Crippen LogP contribution is -2.47. The molecule has 20 heavy (non-hydrogen) atoms. The highest BCUT2D eigenvalue weighted by molar-refractivity contribution is 5.45. The summed E-state index contributed by atoms with van der Waals surface area (Å²) in [5.74, 6) is 1.07. The minimum atomic E-state index is -0.311. The molecule has 0 bridgehead atoms. The van der Waals surface area contributed by atoms with Crippen molar-refractivity contribution in [2.45, 2.75) is 32.2 Å². The number of hydrogen-bond donors (Lipinski definition) is 1. The van der Waals surface area contributed by atoms with Gasteiger partial charge >= 0.3 is 0 Å². The smallest absolute Gasteiger partial charge is 0.245 e. The van der Waals surface area contributed by atoms with Crippen molar-refractivity contribution in [2.75, 3.05) is 18.0 Å². The van der Waals surface area contributed by atoms with E-state index in [1.54, 1.807) is 6.07 Å². The van der Waals surface area contributed by atoms with Crippen LogP contribution in [0.15, 0.2) is 18.3 Å². The van der Waals surface area contributed by atoms with Gasteiger partial charge in [-0.2, -0.15) is 4.98 Å². The quantitative estimate of drug-likeness (QED) is 0.929. The molecule has 0 aliphatic carbocycles. The predicted molar refractivity (Wildman–Crippen MR) is 76.1 cm³/mol. The SMILES string of the molecule is CCC1CCN(c2nc3ccc(F)cn3n2)C(CN)C1. The van der Waals surface area contributed by atoms with E-state index >= 15 is 0 Å². The molecule has 1 aliphatic rings. The van der Waals surface area contributed by atoms with E-state index in [0.29, 0.717) is 18.1 Å². The van der Waals surface area contributed by atoms with Gasteiger partial charge in [0.25, 0.3) is 0 Å². The van der Waals surface area contributed by atoms with Crippen molar-refractivity contribution >= 4 is 11.6 Å². The Morgan fingerprint density at radius 1 is 1.45 bits per heavy atom. The number of hydrogen-bond acceptors (Lipinski definition) is 4. The molecular formula is C14H20FN5. The summed E-state index contributed by atoms with van der Waals surface area (Å²) in [6.07, 6.45) is 4.75. The number of nitrogens with zero attached hydrogens (tertiary/aromatic N) is 4. The van der Waals surface area contributed by atoms with Crippen molar-refractivity contribution in [1.82, 2.24) is 14.6 Å². The van der Waals surface area contributed by atoms with Crippen molar-refractivity contribution in [1.29, 1.82) is 0 Å². The highest BCUT2D eigenvalue weighted by Crippen LogP contribution is 2.27. The summed E-state index contributed by atoms with van der Waals surface area (Å²) < 4.78 is 14.7. The molecule has 3 heterocycles. The molecule has 2 N–H and O–H groups in total.